The second kappa shape index (κ2) is 20.6. The summed E-state index contributed by atoms with van der Waals surface area (Å²) in [7, 11) is 0. The first-order valence-corrected chi connectivity index (χ1v) is 10.6. The molecule has 0 spiro atoms. The number of alkyl halides is 9. The van der Waals surface area contributed by atoms with Gasteiger partial charge in [-0.25, -0.2) is 0 Å². The normalized spacial score (nSPS) is 11.0. The van der Waals surface area contributed by atoms with E-state index in [0.29, 0.717) is 19.3 Å². The third kappa shape index (κ3) is 26.0. The summed E-state index contributed by atoms with van der Waals surface area (Å²) in [5.41, 5.74) is 0. The van der Waals surface area contributed by atoms with Gasteiger partial charge in [0.2, 0.25) is 0 Å². The van der Waals surface area contributed by atoms with Gasteiger partial charge < -0.3 is 0 Å². The van der Waals surface area contributed by atoms with Gasteiger partial charge in [-0.2, -0.15) is 39.5 Å². The van der Waals surface area contributed by atoms with Crippen LogP contribution in [0.5, 0.6) is 0 Å². The third-order valence-corrected chi connectivity index (χ3v) is 3.71. The summed E-state index contributed by atoms with van der Waals surface area (Å²) in [4.78, 5) is 51.6. The van der Waals surface area contributed by atoms with Gasteiger partial charge in [0.15, 0.2) is 19.3 Å². The molecule has 0 aromatic carbocycles. The maximum absolute atomic E-state index is 11.6. The molecule has 16 heteroatoms. The van der Waals surface area contributed by atoms with Crippen molar-refractivity contribution in [2.24, 2.45) is 0 Å². The Morgan fingerprint density at radius 3 is 0.703 bits per heavy atom. The second-order valence-electron chi connectivity index (χ2n) is 7.31. The Kier molecular flexibility index (Phi) is 23.8. The molecule has 0 amide bonds. The molecule has 0 aromatic rings. The zero-order chi connectivity index (χ0) is 29.3. The van der Waals surface area contributed by atoms with Gasteiger partial charge in [0.1, 0.15) is 0 Å². The van der Waals surface area contributed by atoms with Crippen LogP contribution in [0.1, 0.15) is 78.6 Å². The number of hydrogen-bond donors (Lipinski definition) is 0. The molecule has 6 N–H and O–H groups in total. The maximum atomic E-state index is 11.6. The van der Waals surface area contributed by atoms with Crippen molar-refractivity contribution < 1.29 is 106 Å². The van der Waals surface area contributed by atoms with Crippen molar-refractivity contribution in [1.82, 2.24) is 0 Å². The third-order valence-electron chi connectivity index (χ3n) is 3.71. The Morgan fingerprint density at radius 2 is 0.595 bits per heavy atom. The quantitative estimate of drug-likeness (QED) is 0.144. The zero-order valence-corrected chi connectivity index (χ0v) is 22.1. The van der Waals surface area contributed by atoms with Gasteiger partial charge in [-0.15, -0.1) is 0 Å². The molecule has 0 bridgehead atoms. The first kappa shape index (κ1) is 42.7. The van der Waals surface area contributed by atoms with Crippen LogP contribution < -0.4 is 0 Å². The molecule has 0 aliphatic heterocycles. The fourth-order valence-electron chi connectivity index (χ4n) is 2.01. The molecule has 6 nitrogen and oxygen atoms in total. The molecule has 0 rings (SSSR count). The van der Waals surface area contributed by atoms with Crippen molar-refractivity contribution in [2.45, 2.75) is 97.1 Å². The van der Waals surface area contributed by atoms with E-state index in [-0.39, 0.29) is 73.9 Å². The van der Waals surface area contributed by atoms with Crippen molar-refractivity contribution in [3.05, 3.63) is 0 Å². The molecule has 0 heterocycles. The summed E-state index contributed by atoms with van der Waals surface area (Å²) < 4.78 is 105. The van der Waals surface area contributed by atoms with Gasteiger partial charge in [0, 0.05) is 37.3 Å². The zero-order valence-electron chi connectivity index (χ0n) is 20.2. The van der Waals surface area contributed by atoms with Gasteiger partial charge in [0.05, 0.1) is 19.3 Å². The van der Waals surface area contributed by atoms with Crippen LogP contribution in [0.25, 0.3) is 0 Å². The number of halogens is 9. The molecule has 0 aromatic heterocycles. The van der Waals surface area contributed by atoms with Crippen LogP contribution in [0.4, 0.5) is 39.5 Å². The first-order valence-electron chi connectivity index (χ1n) is 10.6. The molecule has 0 atom stereocenters. The Labute approximate surface area is 236 Å². The van der Waals surface area contributed by atoms with Crippen LogP contribution in [0, 0.1) is 37.3 Å². The van der Waals surface area contributed by atoms with Crippen molar-refractivity contribution in [3.8, 4) is 0 Å². The molecule has 0 saturated heterocycles. The molecule has 0 saturated carbocycles. The number of rotatable bonds is 12. The van der Waals surface area contributed by atoms with E-state index in [4.69, 9.17) is 28.8 Å². The topological polar surface area (TPSA) is 128 Å². The monoisotopic (exact) mass is 718 g/mol. The largest absolute Gasteiger partial charge is 0.505 e. The van der Waals surface area contributed by atoms with E-state index in [1.165, 1.54) is 0 Å². The number of carbonyl (C=O) groups excluding carboxylic acids is 6. The summed E-state index contributed by atoms with van der Waals surface area (Å²) in [6, 6.07) is 0. The summed E-state index contributed by atoms with van der Waals surface area (Å²) in [6.45, 7) is 5.17. The summed E-state index contributed by atoms with van der Waals surface area (Å²) in [5.74, 6) is -5.96. The Hall–Kier alpha value is -1.36. The smallest absolute Gasteiger partial charge is 0.283 e. The Bertz CT molecular complexity index is 657. The second-order valence-corrected chi connectivity index (χ2v) is 7.31. The van der Waals surface area contributed by atoms with E-state index in [0.717, 1.165) is 0 Å². The van der Waals surface area contributed by atoms with Crippen molar-refractivity contribution in [2.75, 3.05) is 0 Å². The number of hydrogen-bond acceptors (Lipinski definition) is 0. The molecule has 37 heavy (non-hydrogen) atoms. The Balaban J connectivity index is -0.000000218. The molecule has 0 radical (unpaired) electrons. The molecule has 222 valence electrons. The summed E-state index contributed by atoms with van der Waals surface area (Å²) in [6.07, 6.45) is -14.3. The average Bonchev–Trinajstić information content (AvgIpc) is 2.67. The van der Waals surface area contributed by atoms with Crippen LogP contribution in [0.3, 0.4) is 0 Å². The van der Waals surface area contributed by atoms with Crippen LogP contribution >= 0.6 is 0 Å². The minimum Gasteiger partial charge on any atom is -0.283 e. The van der Waals surface area contributed by atoms with Crippen LogP contribution in [0.15, 0.2) is 0 Å². The molecule has 0 aliphatic rings. The van der Waals surface area contributed by atoms with Gasteiger partial charge in [-0.1, -0.05) is 20.8 Å². The molecule has 0 unspecified atom stereocenters. The minimum absolute atomic E-state index is 0. The van der Waals surface area contributed by atoms with Crippen molar-refractivity contribution in [1.29, 1.82) is 0 Å². The first-order chi connectivity index (χ1) is 16.1. The van der Waals surface area contributed by atoms with E-state index in [1.54, 1.807) is 20.8 Å². The standard InChI is InChI=1S/3C7H9F3O2.Er/c3*1-2-3-5(11)4-6(12)7(8,9)10;/h3*2-4H2,1H3;/p+6. The van der Waals surface area contributed by atoms with E-state index < -0.39 is 55.1 Å². The van der Waals surface area contributed by atoms with Gasteiger partial charge in [0.25, 0.3) is 0 Å². The maximum Gasteiger partial charge on any atom is 0.505 e. The van der Waals surface area contributed by atoms with Crippen molar-refractivity contribution in [3.63, 3.8) is 0 Å². The van der Waals surface area contributed by atoms with Crippen LogP contribution in [0.2, 0.25) is 0 Å². The predicted octanol–water partition coefficient (Wildman–Crippen LogP) is 5.49. The van der Waals surface area contributed by atoms with E-state index in [2.05, 4.69) is 0 Å². The van der Waals surface area contributed by atoms with Crippen molar-refractivity contribution >= 4 is 34.7 Å². The fraction of sp³-hybridized carbons (Fsp3) is 0.714. The minimum atomic E-state index is -4.72. The van der Waals surface area contributed by atoms with E-state index in [9.17, 15) is 39.5 Å². The van der Waals surface area contributed by atoms with Gasteiger partial charge in [-0.05, 0) is 19.3 Å². The SMILES string of the molecule is CCCC(=[OH+])CC(=[OH+])C(F)(F)F.CCCC(=[OH+])CC(=[OH+])C(F)(F)F.CCCC(=[OH+])CC(=[OH+])C(F)(F)F.[Er]. The Morgan fingerprint density at radius 1 is 0.432 bits per heavy atom. The molecular weight excluding hydrogens is 686 g/mol. The fourth-order valence-corrected chi connectivity index (χ4v) is 2.01. The number of ketones is 6. The van der Waals surface area contributed by atoms with Gasteiger partial charge in [-0.3, -0.25) is 28.8 Å². The van der Waals surface area contributed by atoms with E-state index >= 15 is 0 Å². The van der Waals surface area contributed by atoms with Gasteiger partial charge >= 0.3 is 53.2 Å². The van der Waals surface area contributed by atoms with Crippen LogP contribution in [-0.2, 0) is 0 Å². The summed E-state index contributed by atoms with van der Waals surface area (Å²) in [5, 5.41) is 0. The molecule has 0 aliphatic carbocycles. The van der Waals surface area contributed by atoms with Crippen LogP contribution in [-0.4, -0.2) is 82.0 Å². The molecular formula is C21H33ErF9O6+6. The average molecular weight is 720 g/mol. The summed E-state index contributed by atoms with van der Waals surface area (Å²) >= 11 is 0. The molecule has 0 fully saturated rings. The predicted molar refractivity (Wildman–Crippen MR) is 118 cm³/mol. The van der Waals surface area contributed by atoms with E-state index in [1.807, 2.05) is 0 Å².